The Bertz CT molecular complexity index is 809. The molecule has 0 aromatic rings. The molecule has 0 aliphatic carbocycles. The van der Waals surface area contributed by atoms with Gasteiger partial charge in [0.15, 0.2) is 5.96 Å². The zero-order valence-corrected chi connectivity index (χ0v) is 20.8. The number of carboxylic acids is 2. The first-order chi connectivity index (χ1) is 16.9. The number of aliphatic imine (C=N–C) groups is 1. The average Bonchev–Trinajstić information content (AvgIpc) is 3.32. The molecule has 0 aromatic heterocycles. The summed E-state index contributed by atoms with van der Waals surface area (Å²) in [6, 6.07) is -4.01. The van der Waals surface area contributed by atoms with Crippen LogP contribution in [0.5, 0.6) is 0 Å². The Morgan fingerprint density at radius 1 is 0.972 bits per heavy atom. The minimum absolute atomic E-state index is 0.0348. The summed E-state index contributed by atoms with van der Waals surface area (Å²) in [5.41, 5.74) is 10.6. The van der Waals surface area contributed by atoms with Gasteiger partial charge in [0.1, 0.15) is 18.1 Å². The molecular weight excluding hydrogens is 474 g/mol. The largest absolute Gasteiger partial charge is 0.481 e. The zero-order chi connectivity index (χ0) is 27.3. The van der Waals surface area contributed by atoms with Crippen LogP contribution in [0.25, 0.3) is 0 Å². The molecule has 1 aliphatic heterocycles. The van der Waals surface area contributed by atoms with Crippen molar-refractivity contribution < 1.29 is 34.2 Å². The number of aliphatic carboxylic acids is 2. The van der Waals surface area contributed by atoms with E-state index in [0.29, 0.717) is 19.4 Å². The van der Waals surface area contributed by atoms with Gasteiger partial charge in [0, 0.05) is 13.0 Å². The van der Waals surface area contributed by atoms with Crippen molar-refractivity contribution in [3.05, 3.63) is 0 Å². The summed E-state index contributed by atoms with van der Waals surface area (Å²) in [6.07, 6.45) is 1.38. The first kappa shape index (κ1) is 30.6. The Kier molecular flexibility index (Phi) is 13.2. The Hall–Kier alpha value is -3.42. The Balaban J connectivity index is 2.98. The van der Waals surface area contributed by atoms with E-state index in [1.807, 2.05) is 0 Å². The molecule has 4 atom stereocenters. The second-order valence-corrected chi connectivity index (χ2v) is 9.18. The molecule has 3 amide bonds. The SMILES string of the molecule is CC(C)CC(NC(=O)C(CCC(=O)O)NC(=O)C(CCCN=C(N)N)NC(=O)C1CCCN1)C(=O)O. The van der Waals surface area contributed by atoms with Gasteiger partial charge >= 0.3 is 11.9 Å². The molecule has 1 saturated heterocycles. The molecule has 0 spiro atoms. The predicted molar refractivity (Wildman–Crippen MR) is 131 cm³/mol. The lowest BCUT2D eigenvalue weighted by Crippen LogP contribution is -2.57. The molecule has 14 heteroatoms. The Morgan fingerprint density at radius 3 is 2.08 bits per heavy atom. The van der Waals surface area contributed by atoms with Gasteiger partial charge in [-0.2, -0.15) is 0 Å². The number of hydrogen-bond acceptors (Lipinski definition) is 7. The van der Waals surface area contributed by atoms with Gasteiger partial charge in [-0.15, -0.1) is 0 Å². The normalized spacial score (nSPS) is 17.5. The minimum atomic E-state index is -1.32. The van der Waals surface area contributed by atoms with Crippen LogP contribution in [0.15, 0.2) is 4.99 Å². The van der Waals surface area contributed by atoms with Gasteiger partial charge in [-0.05, 0) is 51.0 Å². The third-order valence-corrected chi connectivity index (χ3v) is 5.56. The van der Waals surface area contributed by atoms with Gasteiger partial charge in [0.25, 0.3) is 0 Å². The lowest BCUT2D eigenvalue weighted by molar-refractivity contribution is -0.143. The van der Waals surface area contributed by atoms with Crippen LogP contribution in [-0.2, 0) is 24.0 Å². The maximum Gasteiger partial charge on any atom is 0.326 e. The number of rotatable bonds is 16. The van der Waals surface area contributed by atoms with Gasteiger partial charge in [-0.3, -0.25) is 24.2 Å². The highest BCUT2D eigenvalue weighted by molar-refractivity contribution is 5.94. The van der Waals surface area contributed by atoms with E-state index in [0.717, 1.165) is 6.42 Å². The number of guanidine groups is 1. The fraction of sp³-hybridized carbons (Fsp3) is 0.727. The zero-order valence-electron chi connectivity index (χ0n) is 20.8. The summed E-state index contributed by atoms with van der Waals surface area (Å²) in [6.45, 7) is 4.47. The summed E-state index contributed by atoms with van der Waals surface area (Å²) in [5.74, 6) is -4.47. The van der Waals surface area contributed by atoms with Crippen LogP contribution in [0.4, 0.5) is 0 Å². The van der Waals surface area contributed by atoms with E-state index in [-0.39, 0.29) is 43.6 Å². The van der Waals surface area contributed by atoms with Gasteiger partial charge in [0.05, 0.1) is 6.04 Å². The van der Waals surface area contributed by atoms with E-state index in [9.17, 15) is 29.1 Å². The number of hydrogen-bond donors (Lipinski definition) is 8. The van der Waals surface area contributed by atoms with E-state index in [4.69, 9.17) is 16.6 Å². The molecule has 1 fully saturated rings. The number of nitrogens with one attached hydrogen (secondary N) is 4. The topological polar surface area (TPSA) is 238 Å². The van der Waals surface area contributed by atoms with E-state index in [2.05, 4.69) is 26.3 Å². The van der Waals surface area contributed by atoms with E-state index in [1.165, 1.54) is 0 Å². The van der Waals surface area contributed by atoms with Crippen molar-refractivity contribution >= 4 is 35.6 Å². The maximum atomic E-state index is 13.1. The molecule has 4 unspecified atom stereocenters. The molecule has 1 heterocycles. The van der Waals surface area contributed by atoms with E-state index in [1.54, 1.807) is 13.8 Å². The van der Waals surface area contributed by atoms with Crippen LogP contribution in [0.2, 0.25) is 0 Å². The molecule has 0 saturated carbocycles. The van der Waals surface area contributed by atoms with Crippen molar-refractivity contribution in [3.63, 3.8) is 0 Å². The third-order valence-electron chi connectivity index (χ3n) is 5.56. The lowest BCUT2D eigenvalue weighted by Gasteiger charge is -2.25. The van der Waals surface area contributed by atoms with Crippen molar-refractivity contribution in [3.8, 4) is 0 Å². The predicted octanol–water partition coefficient (Wildman–Crippen LogP) is -1.76. The maximum absolute atomic E-state index is 13.1. The van der Waals surface area contributed by atoms with Gasteiger partial charge < -0.3 is 42.9 Å². The van der Waals surface area contributed by atoms with Gasteiger partial charge in [0.2, 0.25) is 17.7 Å². The van der Waals surface area contributed by atoms with E-state index < -0.39 is 54.3 Å². The Labute approximate surface area is 210 Å². The minimum Gasteiger partial charge on any atom is -0.481 e. The smallest absolute Gasteiger partial charge is 0.326 e. The van der Waals surface area contributed by atoms with Crippen LogP contribution < -0.4 is 32.7 Å². The number of carboxylic acid groups (broad SMARTS) is 2. The van der Waals surface area contributed by atoms with Gasteiger partial charge in [-0.25, -0.2) is 4.79 Å². The highest BCUT2D eigenvalue weighted by atomic mass is 16.4. The second-order valence-electron chi connectivity index (χ2n) is 9.18. The third kappa shape index (κ3) is 11.8. The monoisotopic (exact) mass is 513 g/mol. The molecule has 0 bridgehead atoms. The molecule has 1 rings (SSSR count). The fourth-order valence-electron chi connectivity index (χ4n) is 3.73. The van der Waals surface area contributed by atoms with Crippen LogP contribution in [-0.4, -0.2) is 83.1 Å². The molecule has 204 valence electrons. The summed E-state index contributed by atoms with van der Waals surface area (Å²) >= 11 is 0. The van der Waals surface area contributed by atoms with Crippen molar-refractivity contribution in [2.45, 2.75) is 83.0 Å². The first-order valence-electron chi connectivity index (χ1n) is 12.0. The molecule has 1 aliphatic rings. The van der Waals surface area contributed by atoms with Crippen molar-refractivity contribution in [2.75, 3.05) is 13.1 Å². The molecular formula is C22H39N7O7. The van der Waals surface area contributed by atoms with Crippen molar-refractivity contribution in [2.24, 2.45) is 22.4 Å². The van der Waals surface area contributed by atoms with Crippen molar-refractivity contribution in [1.82, 2.24) is 21.3 Å². The highest BCUT2D eigenvalue weighted by Gasteiger charge is 2.31. The van der Waals surface area contributed by atoms with Crippen LogP contribution >= 0.6 is 0 Å². The van der Waals surface area contributed by atoms with E-state index >= 15 is 0 Å². The average molecular weight is 514 g/mol. The number of carbonyl (C=O) groups is 5. The van der Waals surface area contributed by atoms with Crippen LogP contribution in [0.1, 0.15) is 58.8 Å². The Morgan fingerprint density at radius 2 is 1.58 bits per heavy atom. The number of carbonyl (C=O) groups excluding carboxylic acids is 3. The van der Waals surface area contributed by atoms with Gasteiger partial charge in [-0.1, -0.05) is 13.8 Å². The first-order valence-corrected chi connectivity index (χ1v) is 12.0. The van der Waals surface area contributed by atoms with Crippen molar-refractivity contribution in [1.29, 1.82) is 0 Å². The lowest BCUT2D eigenvalue weighted by atomic mass is 10.0. The van der Waals surface area contributed by atoms with Crippen LogP contribution in [0, 0.1) is 5.92 Å². The summed E-state index contributed by atoms with van der Waals surface area (Å²) < 4.78 is 0. The molecule has 10 N–H and O–H groups in total. The standard InChI is InChI=1S/C22H39N7O7/c1-12(2)11-16(21(35)36)29-20(34)15(7-8-17(30)31)28-19(33)14(6-4-10-26-22(23)24)27-18(32)13-5-3-9-25-13/h12-16,25H,3-11H2,1-2H3,(H,27,32)(H,28,33)(H,29,34)(H,30,31)(H,35,36)(H4,23,24,26). The summed E-state index contributed by atoms with van der Waals surface area (Å²) in [4.78, 5) is 65.1. The second kappa shape index (κ2) is 15.5. The molecule has 0 aromatic carbocycles. The van der Waals surface area contributed by atoms with Crippen LogP contribution in [0.3, 0.4) is 0 Å². The number of amides is 3. The number of nitrogens with zero attached hydrogens (tertiary/aromatic N) is 1. The summed E-state index contributed by atoms with van der Waals surface area (Å²) in [5, 5.41) is 29.1. The quantitative estimate of drug-likeness (QED) is 0.0657. The molecule has 0 radical (unpaired) electrons. The number of nitrogens with two attached hydrogens (primary N) is 2. The summed E-state index contributed by atoms with van der Waals surface area (Å²) in [7, 11) is 0. The fourth-order valence-corrected chi connectivity index (χ4v) is 3.73. The molecule has 14 nitrogen and oxygen atoms in total. The highest BCUT2D eigenvalue weighted by Crippen LogP contribution is 2.09. The molecule has 36 heavy (non-hydrogen) atoms.